The first-order chi connectivity index (χ1) is 12.5. The lowest BCUT2D eigenvalue weighted by atomic mass is 9.93. The minimum absolute atomic E-state index is 0.0401. The molecule has 0 unspecified atom stereocenters. The summed E-state index contributed by atoms with van der Waals surface area (Å²) in [5.74, 6) is 1.23. The standard InChI is InChI=1S/C22H29NO3/c1-5-26-21-9-7-6-8-19(21)17-10-11-20(18(15-17)14-16(2)3)22(25)23(4)12-13-24/h6-11,15-16,24H,5,12-14H2,1-4H3. The second-order valence-corrected chi connectivity index (χ2v) is 6.85. The van der Waals surface area contributed by atoms with Crippen LogP contribution in [0, 0.1) is 5.92 Å². The Morgan fingerprint density at radius 3 is 2.58 bits per heavy atom. The predicted octanol–water partition coefficient (Wildman–Crippen LogP) is 4.02. The number of hydrogen-bond donors (Lipinski definition) is 1. The van der Waals surface area contributed by atoms with Crippen molar-refractivity contribution < 1.29 is 14.6 Å². The van der Waals surface area contributed by atoms with Gasteiger partial charge in [-0.25, -0.2) is 0 Å². The molecule has 0 heterocycles. The van der Waals surface area contributed by atoms with E-state index in [4.69, 9.17) is 9.84 Å². The van der Waals surface area contributed by atoms with Gasteiger partial charge in [0.2, 0.25) is 0 Å². The van der Waals surface area contributed by atoms with E-state index < -0.39 is 0 Å². The number of ether oxygens (including phenoxy) is 1. The summed E-state index contributed by atoms with van der Waals surface area (Å²) in [4.78, 5) is 14.3. The lowest BCUT2D eigenvalue weighted by Gasteiger charge is -2.20. The van der Waals surface area contributed by atoms with Crippen LogP contribution in [0.1, 0.15) is 36.7 Å². The van der Waals surface area contributed by atoms with Crippen molar-refractivity contribution in [2.24, 2.45) is 5.92 Å². The van der Waals surface area contributed by atoms with Crippen LogP contribution in [-0.4, -0.2) is 42.7 Å². The fraction of sp³-hybridized carbons (Fsp3) is 0.409. The molecule has 0 aliphatic carbocycles. The van der Waals surface area contributed by atoms with Crippen molar-refractivity contribution in [3.05, 3.63) is 53.6 Å². The van der Waals surface area contributed by atoms with E-state index in [1.54, 1.807) is 11.9 Å². The highest BCUT2D eigenvalue weighted by Crippen LogP contribution is 2.32. The molecule has 0 saturated heterocycles. The van der Waals surface area contributed by atoms with Crippen molar-refractivity contribution in [1.29, 1.82) is 0 Å². The topological polar surface area (TPSA) is 49.8 Å². The van der Waals surface area contributed by atoms with Crippen molar-refractivity contribution in [2.45, 2.75) is 27.2 Å². The first-order valence-corrected chi connectivity index (χ1v) is 9.19. The molecule has 0 atom stereocenters. The Morgan fingerprint density at radius 2 is 1.92 bits per heavy atom. The van der Waals surface area contributed by atoms with E-state index in [-0.39, 0.29) is 12.5 Å². The molecule has 0 spiro atoms. The molecular formula is C22H29NO3. The maximum absolute atomic E-state index is 12.7. The third-order valence-electron chi connectivity index (χ3n) is 4.24. The molecule has 0 saturated carbocycles. The summed E-state index contributed by atoms with van der Waals surface area (Å²) in [6.07, 6.45) is 0.818. The Morgan fingerprint density at radius 1 is 1.19 bits per heavy atom. The number of amides is 1. The molecule has 0 bridgehead atoms. The Labute approximate surface area is 156 Å². The van der Waals surface area contributed by atoms with Gasteiger partial charge in [0.1, 0.15) is 5.75 Å². The average Bonchev–Trinajstić information content (AvgIpc) is 2.61. The van der Waals surface area contributed by atoms with Crippen molar-refractivity contribution >= 4 is 5.91 Å². The van der Waals surface area contributed by atoms with Gasteiger partial charge in [0.05, 0.1) is 13.2 Å². The maximum Gasteiger partial charge on any atom is 0.253 e. The van der Waals surface area contributed by atoms with Crippen LogP contribution in [0.25, 0.3) is 11.1 Å². The number of likely N-dealkylation sites (N-methyl/N-ethyl adjacent to an activating group) is 1. The number of para-hydroxylation sites is 1. The van der Waals surface area contributed by atoms with Gasteiger partial charge < -0.3 is 14.7 Å². The van der Waals surface area contributed by atoms with E-state index in [0.29, 0.717) is 24.6 Å². The average molecular weight is 355 g/mol. The molecule has 26 heavy (non-hydrogen) atoms. The van der Waals surface area contributed by atoms with Crippen LogP contribution in [0.15, 0.2) is 42.5 Å². The van der Waals surface area contributed by atoms with Crippen molar-refractivity contribution in [1.82, 2.24) is 4.90 Å². The molecular weight excluding hydrogens is 326 g/mol. The monoisotopic (exact) mass is 355 g/mol. The molecule has 140 valence electrons. The van der Waals surface area contributed by atoms with Crippen LogP contribution in [0.4, 0.5) is 0 Å². The Hall–Kier alpha value is -2.33. The van der Waals surface area contributed by atoms with E-state index >= 15 is 0 Å². The van der Waals surface area contributed by atoms with Crippen LogP contribution in [0.2, 0.25) is 0 Å². The minimum Gasteiger partial charge on any atom is -0.493 e. The van der Waals surface area contributed by atoms with Crippen LogP contribution < -0.4 is 4.74 Å². The number of aliphatic hydroxyl groups is 1. The van der Waals surface area contributed by atoms with Crippen molar-refractivity contribution in [3.8, 4) is 16.9 Å². The van der Waals surface area contributed by atoms with Gasteiger partial charge in [0.25, 0.3) is 5.91 Å². The largest absolute Gasteiger partial charge is 0.493 e. The summed E-state index contributed by atoms with van der Waals surface area (Å²) in [6.45, 7) is 7.16. The molecule has 1 amide bonds. The zero-order chi connectivity index (χ0) is 19.1. The van der Waals surface area contributed by atoms with Crippen LogP contribution in [-0.2, 0) is 6.42 Å². The number of nitrogens with zero attached hydrogens (tertiary/aromatic N) is 1. The van der Waals surface area contributed by atoms with Gasteiger partial charge >= 0.3 is 0 Å². The van der Waals surface area contributed by atoms with Crippen LogP contribution >= 0.6 is 0 Å². The Balaban J connectivity index is 2.47. The molecule has 0 fully saturated rings. The summed E-state index contributed by atoms with van der Waals surface area (Å²) in [7, 11) is 1.72. The number of aliphatic hydroxyl groups excluding tert-OH is 1. The normalized spacial score (nSPS) is 10.8. The highest BCUT2D eigenvalue weighted by Gasteiger charge is 2.18. The van der Waals surface area contributed by atoms with E-state index in [0.717, 1.165) is 28.9 Å². The van der Waals surface area contributed by atoms with E-state index in [9.17, 15) is 4.79 Å². The highest BCUT2D eigenvalue weighted by molar-refractivity contribution is 5.96. The van der Waals surface area contributed by atoms with Gasteiger partial charge in [-0.1, -0.05) is 44.2 Å². The zero-order valence-electron chi connectivity index (χ0n) is 16.2. The predicted molar refractivity (Wildman–Crippen MR) is 106 cm³/mol. The van der Waals surface area contributed by atoms with Crippen molar-refractivity contribution in [3.63, 3.8) is 0 Å². The molecule has 0 radical (unpaired) electrons. The molecule has 0 aliphatic rings. The van der Waals surface area contributed by atoms with Crippen LogP contribution in [0.3, 0.4) is 0 Å². The van der Waals surface area contributed by atoms with Gasteiger partial charge in [-0.15, -0.1) is 0 Å². The first kappa shape index (κ1) is 20.0. The lowest BCUT2D eigenvalue weighted by molar-refractivity contribution is 0.0765. The Kier molecular flexibility index (Phi) is 7.22. The second kappa shape index (κ2) is 9.39. The summed E-state index contributed by atoms with van der Waals surface area (Å²) < 4.78 is 5.76. The van der Waals surface area contributed by atoms with Gasteiger partial charge in [-0.2, -0.15) is 0 Å². The molecule has 2 rings (SSSR count). The molecule has 2 aromatic rings. The molecule has 0 aromatic heterocycles. The number of rotatable bonds is 8. The Bertz CT molecular complexity index is 740. The smallest absolute Gasteiger partial charge is 0.253 e. The molecule has 2 aromatic carbocycles. The zero-order valence-corrected chi connectivity index (χ0v) is 16.2. The summed E-state index contributed by atoms with van der Waals surface area (Å²) >= 11 is 0. The third-order valence-corrected chi connectivity index (χ3v) is 4.24. The number of hydrogen-bond acceptors (Lipinski definition) is 3. The van der Waals surface area contributed by atoms with Gasteiger partial charge in [-0.05, 0) is 42.5 Å². The number of benzene rings is 2. The van der Waals surface area contributed by atoms with Gasteiger partial charge in [0.15, 0.2) is 0 Å². The highest BCUT2D eigenvalue weighted by atomic mass is 16.5. The number of carbonyl (C=O) groups is 1. The van der Waals surface area contributed by atoms with Crippen LogP contribution in [0.5, 0.6) is 5.75 Å². The third kappa shape index (κ3) is 4.85. The summed E-state index contributed by atoms with van der Waals surface area (Å²) in [5, 5.41) is 9.11. The maximum atomic E-state index is 12.7. The first-order valence-electron chi connectivity index (χ1n) is 9.19. The summed E-state index contributed by atoms with van der Waals surface area (Å²) in [5.41, 5.74) is 3.80. The molecule has 0 aliphatic heterocycles. The summed E-state index contributed by atoms with van der Waals surface area (Å²) in [6, 6.07) is 13.9. The molecule has 4 nitrogen and oxygen atoms in total. The molecule has 1 N–H and O–H groups in total. The van der Waals surface area contributed by atoms with E-state index in [1.807, 2.05) is 43.3 Å². The fourth-order valence-electron chi connectivity index (χ4n) is 3.02. The SMILES string of the molecule is CCOc1ccccc1-c1ccc(C(=O)N(C)CCO)c(CC(C)C)c1. The van der Waals surface area contributed by atoms with E-state index in [1.165, 1.54) is 0 Å². The second-order valence-electron chi connectivity index (χ2n) is 6.85. The van der Waals surface area contributed by atoms with Gasteiger partial charge in [-0.3, -0.25) is 4.79 Å². The quantitative estimate of drug-likeness (QED) is 0.778. The fourth-order valence-corrected chi connectivity index (χ4v) is 3.02. The van der Waals surface area contributed by atoms with Gasteiger partial charge in [0, 0.05) is 24.7 Å². The minimum atomic E-state index is -0.0562. The lowest BCUT2D eigenvalue weighted by Crippen LogP contribution is -2.30. The van der Waals surface area contributed by atoms with E-state index in [2.05, 4.69) is 19.9 Å². The van der Waals surface area contributed by atoms with Crippen molar-refractivity contribution in [2.75, 3.05) is 26.8 Å². The molecule has 4 heteroatoms. The number of carbonyl (C=O) groups excluding carboxylic acids is 1.